The molecule has 21 heavy (non-hydrogen) atoms. The van der Waals surface area contributed by atoms with Crippen molar-refractivity contribution in [2.45, 2.75) is 64.9 Å². The zero-order chi connectivity index (χ0) is 15.4. The normalized spacial score (nSPS) is 18.1. The highest BCUT2D eigenvalue weighted by Crippen LogP contribution is 2.36. The molecule has 0 amide bonds. The molecule has 1 aromatic heterocycles. The predicted octanol–water partition coefficient (Wildman–Crippen LogP) is 4.31. The lowest BCUT2D eigenvalue weighted by molar-refractivity contribution is -0.000537. The van der Waals surface area contributed by atoms with Crippen LogP contribution in [0.1, 0.15) is 76.4 Å². The molecule has 1 unspecified atom stereocenters. The molecular weight excluding hydrogens is 332 g/mol. The van der Waals surface area contributed by atoms with E-state index in [4.69, 9.17) is 9.72 Å². The number of hydrogen-bond acceptors (Lipinski definition) is 3. The molecule has 1 fully saturated rings. The molecule has 5 heteroatoms. The van der Waals surface area contributed by atoms with Crippen LogP contribution in [0.15, 0.2) is 9.27 Å². The summed E-state index contributed by atoms with van der Waals surface area (Å²) in [6.45, 7) is 6.73. The molecule has 118 valence electrons. The first-order chi connectivity index (χ1) is 10.0. The van der Waals surface area contributed by atoms with Crippen molar-refractivity contribution in [3.05, 3.63) is 26.3 Å². The van der Waals surface area contributed by atoms with Gasteiger partial charge in [-0.2, -0.15) is 0 Å². The fourth-order valence-corrected chi connectivity index (χ4v) is 3.71. The lowest BCUT2D eigenvalue weighted by Crippen LogP contribution is -2.25. The van der Waals surface area contributed by atoms with Crippen LogP contribution in [-0.4, -0.2) is 16.6 Å². The van der Waals surface area contributed by atoms with Gasteiger partial charge in [0.05, 0.1) is 5.69 Å². The number of aromatic nitrogens is 2. The van der Waals surface area contributed by atoms with Crippen LogP contribution in [0.2, 0.25) is 0 Å². The second-order valence-electron chi connectivity index (χ2n) is 6.08. The number of ether oxygens (including phenoxy) is 1. The minimum Gasteiger partial charge on any atom is -0.370 e. The maximum atomic E-state index is 12.2. The van der Waals surface area contributed by atoms with Gasteiger partial charge in [-0.3, -0.25) is 4.79 Å². The quantitative estimate of drug-likeness (QED) is 0.854. The van der Waals surface area contributed by atoms with Crippen molar-refractivity contribution in [1.82, 2.24) is 9.97 Å². The zero-order valence-corrected chi connectivity index (χ0v) is 14.7. The molecular formula is C16H25BrN2O2. The van der Waals surface area contributed by atoms with Crippen molar-refractivity contribution in [2.75, 3.05) is 6.61 Å². The molecule has 4 nitrogen and oxygen atoms in total. The highest BCUT2D eigenvalue weighted by Gasteiger charge is 2.28. The first-order valence-corrected chi connectivity index (χ1v) is 8.75. The predicted molar refractivity (Wildman–Crippen MR) is 87.6 cm³/mol. The van der Waals surface area contributed by atoms with E-state index in [0.717, 1.165) is 18.5 Å². The van der Waals surface area contributed by atoms with Crippen LogP contribution < -0.4 is 5.56 Å². The Morgan fingerprint density at radius 2 is 2.00 bits per heavy atom. The first kappa shape index (κ1) is 16.7. The van der Waals surface area contributed by atoms with E-state index in [-0.39, 0.29) is 17.6 Å². The molecule has 0 radical (unpaired) electrons. The molecule has 1 N–H and O–H groups in total. The molecule has 0 saturated heterocycles. The maximum Gasteiger partial charge on any atom is 0.265 e. The highest BCUT2D eigenvalue weighted by molar-refractivity contribution is 9.10. The Balaban J connectivity index is 2.37. The van der Waals surface area contributed by atoms with Crippen molar-refractivity contribution >= 4 is 15.9 Å². The number of hydrogen-bond donors (Lipinski definition) is 1. The summed E-state index contributed by atoms with van der Waals surface area (Å²) in [5.41, 5.74) is 0.707. The lowest BCUT2D eigenvalue weighted by Gasteiger charge is -2.29. The minimum atomic E-state index is -0.107. The van der Waals surface area contributed by atoms with Gasteiger partial charge < -0.3 is 9.72 Å². The molecule has 0 spiro atoms. The van der Waals surface area contributed by atoms with Gasteiger partial charge in [0.2, 0.25) is 0 Å². The van der Waals surface area contributed by atoms with Crippen LogP contribution in [0.5, 0.6) is 0 Å². The number of H-pyrrole nitrogens is 1. The third-order valence-electron chi connectivity index (χ3n) is 4.15. The van der Waals surface area contributed by atoms with Gasteiger partial charge in [-0.05, 0) is 47.5 Å². The van der Waals surface area contributed by atoms with E-state index >= 15 is 0 Å². The molecule has 1 aliphatic rings. The zero-order valence-electron chi connectivity index (χ0n) is 13.1. The third kappa shape index (κ3) is 3.95. The maximum absolute atomic E-state index is 12.2. The monoisotopic (exact) mass is 356 g/mol. The topological polar surface area (TPSA) is 55.0 Å². The average Bonchev–Trinajstić information content (AvgIpc) is 2.48. The summed E-state index contributed by atoms with van der Waals surface area (Å²) < 4.78 is 6.49. The van der Waals surface area contributed by atoms with Gasteiger partial charge in [0.25, 0.3) is 5.56 Å². The third-order valence-corrected chi connectivity index (χ3v) is 4.91. The van der Waals surface area contributed by atoms with Crippen LogP contribution in [0.25, 0.3) is 0 Å². The Bertz CT molecular complexity index is 521. The van der Waals surface area contributed by atoms with E-state index in [9.17, 15) is 4.79 Å². The van der Waals surface area contributed by atoms with E-state index in [1.54, 1.807) is 0 Å². The molecule has 2 rings (SSSR count). The molecule has 0 aliphatic heterocycles. The Morgan fingerprint density at radius 3 is 2.57 bits per heavy atom. The number of aromatic amines is 1. The van der Waals surface area contributed by atoms with Crippen molar-refractivity contribution in [3.8, 4) is 0 Å². The van der Waals surface area contributed by atoms with Gasteiger partial charge in [0, 0.05) is 6.61 Å². The molecule has 1 saturated carbocycles. The summed E-state index contributed by atoms with van der Waals surface area (Å²) >= 11 is 3.35. The Kier molecular flexibility index (Phi) is 5.99. The minimum absolute atomic E-state index is 0.0893. The number of nitrogens with one attached hydrogen (secondary N) is 1. The SMILES string of the molecule is CCOC(c1nc(C(C)C)c(Br)c(=O)[nH]1)C1CCCCC1. The van der Waals surface area contributed by atoms with E-state index in [1.165, 1.54) is 19.3 Å². The second kappa shape index (κ2) is 7.54. The van der Waals surface area contributed by atoms with Gasteiger partial charge in [-0.15, -0.1) is 0 Å². The Morgan fingerprint density at radius 1 is 1.33 bits per heavy atom. The van der Waals surface area contributed by atoms with Gasteiger partial charge in [0.15, 0.2) is 0 Å². The molecule has 1 atom stereocenters. The molecule has 0 aromatic carbocycles. The summed E-state index contributed by atoms with van der Waals surface area (Å²) in [5.74, 6) is 1.36. The van der Waals surface area contributed by atoms with Gasteiger partial charge >= 0.3 is 0 Å². The van der Waals surface area contributed by atoms with Crippen molar-refractivity contribution in [1.29, 1.82) is 0 Å². The number of rotatable bonds is 5. The van der Waals surface area contributed by atoms with Crippen molar-refractivity contribution in [2.24, 2.45) is 5.92 Å². The Hall–Kier alpha value is -0.680. The van der Waals surface area contributed by atoms with Gasteiger partial charge in [-0.25, -0.2) is 4.98 Å². The smallest absolute Gasteiger partial charge is 0.265 e. The summed E-state index contributed by atoms with van der Waals surface area (Å²) in [7, 11) is 0. The summed E-state index contributed by atoms with van der Waals surface area (Å²) in [6, 6.07) is 0. The summed E-state index contributed by atoms with van der Waals surface area (Å²) in [5, 5.41) is 0. The van der Waals surface area contributed by atoms with E-state index in [0.29, 0.717) is 22.8 Å². The number of nitrogens with zero attached hydrogens (tertiary/aromatic N) is 1. The van der Waals surface area contributed by atoms with E-state index in [1.807, 2.05) is 20.8 Å². The van der Waals surface area contributed by atoms with Crippen LogP contribution in [0, 0.1) is 5.92 Å². The van der Waals surface area contributed by atoms with Gasteiger partial charge in [0.1, 0.15) is 16.4 Å². The van der Waals surface area contributed by atoms with Crippen molar-refractivity contribution < 1.29 is 4.74 Å². The summed E-state index contributed by atoms with van der Waals surface area (Å²) in [4.78, 5) is 19.8. The van der Waals surface area contributed by atoms with Crippen LogP contribution >= 0.6 is 15.9 Å². The van der Waals surface area contributed by atoms with Crippen molar-refractivity contribution in [3.63, 3.8) is 0 Å². The van der Waals surface area contributed by atoms with Crippen LogP contribution in [0.4, 0.5) is 0 Å². The molecule has 1 aromatic rings. The summed E-state index contributed by atoms with van der Waals surface area (Å²) in [6.07, 6.45) is 6.01. The lowest BCUT2D eigenvalue weighted by atomic mass is 9.85. The number of halogens is 1. The second-order valence-corrected chi connectivity index (χ2v) is 6.87. The Labute approximate surface area is 134 Å². The highest BCUT2D eigenvalue weighted by atomic mass is 79.9. The van der Waals surface area contributed by atoms with Crippen LogP contribution in [-0.2, 0) is 4.74 Å². The van der Waals surface area contributed by atoms with Crippen LogP contribution in [0.3, 0.4) is 0 Å². The van der Waals surface area contributed by atoms with E-state index < -0.39 is 0 Å². The van der Waals surface area contributed by atoms with Gasteiger partial charge in [-0.1, -0.05) is 33.1 Å². The standard InChI is InChI=1S/C16H25BrN2O2/c1-4-21-14(11-8-6-5-7-9-11)15-18-13(10(2)3)12(17)16(20)19-15/h10-11,14H,4-9H2,1-3H3,(H,18,19,20). The molecule has 1 heterocycles. The fraction of sp³-hybridized carbons (Fsp3) is 0.750. The molecule has 1 aliphatic carbocycles. The fourth-order valence-electron chi connectivity index (χ4n) is 3.07. The average molecular weight is 357 g/mol. The first-order valence-electron chi connectivity index (χ1n) is 7.95. The largest absolute Gasteiger partial charge is 0.370 e. The molecule has 0 bridgehead atoms. The van der Waals surface area contributed by atoms with E-state index in [2.05, 4.69) is 20.9 Å².